The summed E-state index contributed by atoms with van der Waals surface area (Å²) in [6.07, 6.45) is 0. The van der Waals surface area contributed by atoms with Crippen molar-refractivity contribution in [2.45, 2.75) is 39.5 Å². The molecule has 0 radical (unpaired) electrons. The molecule has 0 aromatic heterocycles. The van der Waals surface area contributed by atoms with Crippen molar-refractivity contribution in [2.75, 3.05) is 0 Å². The average Bonchev–Trinajstić information content (AvgIpc) is 2.46. The highest BCUT2D eigenvalue weighted by atomic mass is 31.2. The second-order valence-electron chi connectivity index (χ2n) is 6.06. The number of benzene rings is 2. The molecular formula is C18H25O5P. The Hall–Kier alpha value is -1.81. The highest BCUT2D eigenvalue weighted by molar-refractivity contribution is 7.46. The fourth-order valence-corrected chi connectivity index (χ4v) is 2.34. The summed E-state index contributed by atoms with van der Waals surface area (Å²) in [5.41, 5.74) is 2.16. The van der Waals surface area contributed by atoms with Crippen molar-refractivity contribution in [2.24, 2.45) is 0 Å². The second kappa shape index (κ2) is 8.88. The molecule has 0 bridgehead atoms. The lowest BCUT2D eigenvalue weighted by Gasteiger charge is -2.09. The molecule has 0 heterocycles. The maximum absolute atomic E-state index is 10.6. The van der Waals surface area contributed by atoms with Gasteiger partial charge in [0.15, 0.2) is 0 Å². The summed E-state index contributed by atoms with van der Waals surface area (Å²) >= 11 is 0. The first-order chi connectivity index (χ1) is 11.1. The zero-order chi connectivity index (χ0) is 18.3. The molecule has 0 aliphatic carbocycles. The van der Waals surface area contributed by atoms with E-state index in [2.05, 4.69) is 18.4 Å². The maximum Gasteiger partial charge on any atom is 0.524 e. The van der Waals surface area contributed by atoms with Crippen molar-refractivity contribution < 1.29 is 24.0 Å². The number of hydrogen-bond donors (Lipinski definition) is 3. The molecule has 2 aromatic rings. The number of phenols is 1. The monoisotopic (exact) mass is 352 g/mol. The van der Waals surface area contributed by atoms with E-state index in [-0.39, 0.29) is 5.75 Å². The van der Waals surface area contributed by atoms with Crippen LogP contribution in [-0.2, 0) is 4.57 Å². The van der Waals surface area contributed by atoms with E-state index >= 15 is 0 Å². The topological polar surface area (TPSA) is 87.0 Å². The first kappa shape index (κ1) is 20.2. The molecule has 24 heavy (non-hydrogen) atoms. The Labute approximate surface area is 143 Å². The quantitative estimate of drug-likeness (QED) is 0.688. The molecule has 2 aromatic carbocycles. The summed E-state index contributed by atoms with van der Waals surface area (Å²) < 4.78 is 15.0. The van der Waals surface area contributed by atoms with Gasteiger partial charge < -0.3 is 9.63 Å². The zero-order valence-electron chi connectivity index (χ0n) is 14.4. The van der Waals surface area contributed by atoms with E-state index < -0.39 is 7.82 Å². The van der Waals surface area contributed by atoms with Gasteiger partial charge in [0.1, 0.15) is 11.5 Å². The van der Waals surface area contributed by atoms with Crippen LogP contribution in [0.2, 0.25) is 0 Å². The summed E-state index contributed by atoms with van der Waals surface area (Å²) in [6, 6.07) is 14.1. The SMILES string of the molecule is CC(C)c1cccc(O)c1.CC(C)c1cccc(OP(=O)(O)O)c1. The summed E-state index contributed by atoms with van der Waals surface area (Å²) in [7, 11) is -4.44. The number of rotatable bonds is 4. The minimum Gasteiger partial charge on any atom is -0.508 e. The smallest absolute Gasteiger partial charge is 0.508 e. The van der Waals surface area contributed by atoms with Gasteiger partial charge in [-0.3, -0.25) is 9.79 Å². The van der Waals surface area contributed by atoms with E-state index in [1.165, 1.54) is 11.6 Å². The average molecular weight is 352 g/mol. The minimum absolute atomic E-state index is 0.199. The summed E-state index contributed by atoms with van der Waals surface area (Å²) in [5, 5.41) is 9.06. The van der Waals surface area contributed by atoms with E-state index in [1.54, 1.807) is 24.3 Å². The molecule has 0 saturated carbocycles. The molecule has 0 amide bonds. The van der Waals surface area contributed by atoms with Gasteiger partial charge in [-0.15, -0.1) is 0 Å². The van der Waals surface area contributed by atoms with Crippen LogP contribution in [0.4, 0.5) is 0 Å². The van der Waals surface area contributed by atoms with Crippen LogP contribution in [0, 0.1) is 0 Å². The first-order valence-corrected chi connectivity index (χ1v) is 9.25. The van der Waals surface area contributed by atoms with Gasteiger partial charge in [-0.25, -0.2) is 4.57 Å². The second-order valence-corrected chi connectivity index (χ2v) is 7.22. The highest BCUT2D eigenvalue weighted by Gasteiger charge is 2.15. The highest BCUT2D eigenvalue weighted by Crippen LogP contribution is 2.38. The summed E-state index contributed by atoms with van der Waals surface area (Å²) in [5.74, 6) is 1.35. The van der Waals surface area contributed by atoms with Gasteiger partial charge >= 0.3 is 7.82 Å². The largest absolute Gasteiger partial charge is 0.524 e. The van der Waals surface area contributed by atoms with Crippen molar-refractivity contribution >= 4 is 7.82 Å². The minimum atomic E-state index is -4.44. The van der Waals surface area contributed by atoms with Crippen molar-refractivity contribution in [3.05, 3.63) is 59.7 Å². The van der Waals surface area contributed by atoms with Crippen molar-refractivity contribution in [3.63, 3.8) is 0 Å². The van der Waals surface area contributed by atoms with E-state index in [9.17, 15) is 4.57 Å². The molecule has 2 rings (SSSR count). The molecule has 6 heteroatoms. The maximum atomic E-state index is 10.6. The van der Waals surface area contributed by atoms with Gasteiger partial charge in [-0.05, 0) is 47.2 Å². The van der Waals surface area contributed by atoms with E-state index in [0.29, 0.717) is 17.6 Å². The Kier molecular flexibility index (Phi) is 7.49. The van der Waals surface area contributed by atoms with Gasteiger partial charge in [0.05, 0.1) is 0 Å². The third-order valence-corrected chi connectivity index (χ3v) is 3.73. The third kappa shape index (κ3) is 7.64. The van der Waals surface area contributed by atoms with E-state index in [0.717, 1.165) is 5.56 Å². The molecule has 0 spiro atoms. The summed E-state index contributed by atoms with van der Waals surface area (Å²) in [6.45, 7) is 8.21. The lowest BCUT2D eigenvalue weighted by Crippen LogP contribution is -1.92. The Morgan fingerprint density at radius 1 is 0.875 bits per heavy atom. The molecule has 0 saturated heterocycles. The number of phenolic OH excluding ortho intramolecular Hbond substituents is 1. The zero-order valence-corrected chi connectivity index (χ0v) is 15.3. The third-order valence-electron chi connectivity index (χ3n) is 3.29. The summed E-state index contributed by atoms with van der Waals surface area (Å²) in [4.78, 5) is 17.2. The van der Waals surface area contributed by atoms with Gasteiger partial charge in [0.25, 0.3) is 0 Å². The molecule has 5 nitrogen and oxygen atoms in total. The number of hydrogen-bond acceptors (Lipinski definition) is 3. The van der Waals surface area contributed by atoms with Crippen LogP contribution < -0.4 is 4.52 Å². The standard InChI is InChI=1S/C9H13O4P.C9H12O/c1-7(2)8-4-3-5-9(6-8)13-14(10,11)12;1-7(2)8-4-3-5-9(10)6-8/h3-7H,1-2H3,(H2,10,11,12);3-7,10H,1-2H3. The van der Waals surface area contributed by atoms with Crippen molar-refractivity contribution in [3.8, 4) is 11.5 Å². The van der Waals surface area contributed by atoms with Crippen LogP contribution in [0.15, 0.2) is 48.5 Å². The van der Waals surface area contributed by atoms with Gasteiger partial charge in [0.2, 0.25) is 0 Å². The molecule has 0 aliphatic rings. The van der Waals surface area contributed by atoms with Crippen LogP contribution in [-0.4, -0.2) is 14.9 Å². The first-order valence-electron chi connectivity index (χ1n) is 7.72. The van der Waals surface area contributed by atoms with Crippen LogP contribution in [0.5, 0.6) is 11.5 Å². The van der Waals surface area contributed by atoms with Gasteiger partial charge in [-0.1, -0.05) is 52.0 Å². The molecule has 0 aliphatic heterocycles. The molecule has 0 atom stereocenters. The van der Waals surface area contributed by atoms with Crippen LogP contribution in [0.1, 0.15) is 50.7 Å². The van der Waals surface area contributed by atoms with Gasteiger partial charge in [0, 0.05) is 0 Å². The fourth-order valence-electron chi connectivity index (χ4n) is 1.95. The van der Waals surface area contributed by atoms with Crippen LogP contribution in [0.25, 0.3) is 0 Å². The van der Waals surface area contributed by atoms with Gasteiger partial charge in [-0.2, -0.15) is 0 Å². The molecule has 132 valence electrons. The predicted molar refractivity (Wildman–Crippen MR) is 95.4 cm³/mol. The molecule has 0 unspecified atom stereocenters. The number of aromatic hydroxyl groups is 1. The molecule has 0 fully saturated rings. The van der Waals surface area contributed by atoms with Crippen molar-refractivity contribution in [1.82, 2.24) is 0 Å². The lowest BCUT2D eigenvalue weighted by molar-refractivity contribution is 0.283. The fraction of sp³-hybridized carbons (Fsp3) is 0.333. The lowest BCUT2D eigenvalue weighted by atomic mass is 10.0. The number of phosphoric ester groups is 1. The Balaban J connectivity index is 0.000000254. The Morgan fingerprint density at radius 2 is 1.38 bits per heavy atom. The van der Waals surface area contributed by atoms with E-state index in [1.807, 2.05) is 32.0 Å². The van der Waals surface area contributed by atoms with Crippen molar-refractivity contribution in [1.29, 1.82) is 0 Å². The normalized spacial score (nSPS) is 11.2. The van der Waals surface area contributed by atoms with Crippen LogP contribution in [0.3, 0.4) is 0 Å². The Bertz CT molecular complexity index is 691. The molecular weight excluding hydrogens is 327 g/mol. The van der Waals surface area contributed by atoms with Crippen LogP contribution >= 0.6 is 7.82 Å². The predicted octanol–water partition coefficient (Wildman–Crippen LogP) is 4.80. The van der Waals surface area contributed by atoms with E-state index in [4.69, 9.17) is 14.9 Å². The number of phosphoric acid groups is 1. The Morgan fingerprint density at radius 3 is 1.79 bits per heavy atom. The molecule has 3 N–H and O–H groups in total.